The van der Waals surface area contributed by atoms with Gasteiger partial charge in [-0.2, -0.15) is 0 Å². The topological polar surface area (TPSA) is 44.2 Å². The Morgan fingerprint density at radius 2 is 1.48 bits per heavy atom. The summed E-state index contributed by atoms with van der Waals surface area (Å²) in [6.07, 6.45) is 12.0. The molecule has 0 amide bonds. The van der Waals surface area contributed by atoms with Gasteiger partial charge in [-0.05, 0) is 43.0 Å². The lowest BCUT2D eigenvalue weighted by atomic mass is 10.1. The fraction of sp³-hybridized carbons (Fsp3) is 0.565. The molecule has 0 aliphatic heterocycles. The van der Waals surface area contributed by atoms with Crippen LogP contribution in [-0.2, 0) is 0 Å². The van der Waals surface area contributed by atoms with E-state index in [1.807, 2.05) is 24.3 Å². The Bertz CT molecular complexity index is 626. The third kappa shape index (κ3) is 7.98. The number of rotatable bonds is 13. The first kappa shape index (κ1) is 21.2. The van der Waals surface area contributed by atoms with Crippen LogP contribution in [0.1, 0.15) is 65.7 Å². The van der Waals surface area contributed by atoms with Gasteiger partial charge in [0.15, 0.2) is 11.6 Å². The number of nitrogens with zero attached hydrogens (tertiary/aromatic N) is 2. The summed E-state index contributed by atoms with van der Waals surface area (Å²) in [6, 6.07) is 7.99. The average molecular weight is 371 g/mol. The third-order valence-corrected chi connectivity index (χ3v) is 4.83. The molecule has 0 saturated carbocycles. The molecule has 1 aromatic carbocycles. The van der Waals surface area contributed by atoms with Crippen molar-refractivity contribution in [2.24, 2.45) is 5.92 Å². The molecule has 0 aliphatic carbocycles. The maximum Gasteiger partial charge on any atom is 0.159 e. The van der Waals surface area contributed by atoms with Crippen molar-refractivity contribution in [3.8, 4) is 22.9 Å². The van der Waals surface area contributed by atoms with Crippen LogP contribution in [-0.4, -0.2) is 23.2 Å². The van der Waals surface area contributed by atoms with Crippen LogP contribution in [0.5, 0.6) is 11.5 Å². The lowest BCUT2D eigenvalue weighted by Gasteiger charge is -2.10. The van der Waals surface area contributed by atoms with Crippen LogP contribution in [0.15, 0.2) is 36.7 Å². The van der Waals surface area contributed by atoms with E-state index in [2.05, 4.69) is 30.7 Å². The summed E-state index contributed by atoms with van der Waals surface area (Å²) in [5.74, 6) is 3.02. The third-order valence-electron chi connectivity index (χ3n) is 4.83. The Morgan fingerprint density at radius 1 is 0.815 bits per heavy atom. The second-order valence-electron chi connectivity index (χ2n) is 7.18. The SMILES string of the molecule is CCCCCCCOc1ccc(-c2ncc(OCCC(C)CC)cn2)cc1. The first-order valence-electron chi connectivity index (χ1n) is 10.4. The van der Waals surface area contributed by atoms with E-state index in [9.17, 15) is 0 Å². The highest BCUT2D eigenvalue weighted by molar-refractivity contribution is 5.56. The minimum atomic E-state index is 0.683. The van der Waals surface area contributed by atoms with Crippen LogP contribution >= 0.6 is 0 Å². The molecular weight excluding hydrogens is 336 g/mol. The molecule has 4 heteroatoms. The molecule has 148 valence electrons. The Labute approximate surface area is 164 Å². The van der Waals surface area contributed by atoms with Crippen molar-refractivity contribution in [1.29, 1.82) is 0 Å². The predicted octanol–water partition coefficient (Wildman–Crippen LogP) is 6.31. The lowest BCUT2D eigenvalue weighted by molar-refractivity contribution is 0.280. The molecule has 0 spiro atoms. The van der Waals surface area contributed by atoms with Crippen molar-refractivity contribution in [3.63, 3.8) is 0 Å². The quantitative estimate of drug-likeness (QED) is 0.388. The monoisotopic (exact) mass is 370 g/mol. The van der Waals surface area contributed by atoms with Crippen molar-refractivity contribution < 1.29 is 9.47 Å². The van der Waals surface area contributed by atoms with Gasteiger partial charge in [0.25, 0.3) is 0 Å². The fourth-order valence-electron chi connectivity index (χ4n) is 2.72. The van der Waals surface area contributed by atoms with Crippen molar-refractivity contribution in [2.45, 2.75) is 65.7 Å². The second-order valence-corrected chi connectivity index (χ2v) is 7.18. The van der Waals surface area contributed by atoms with Crippen LogP contribution in [0.25, 0.3) is 11.4 Å². The summed E-state index contributed by atoms with van der Waals surface area (Å²) >= 11 is 0. The lowest BCUT2D eigenvalue weighted by Crippen LogP contribution is -2.04. The van der Waals surface area contributed by atoms with Gasteiger partial charge in [-0.25, -0.2) is 9.97 Å². The molecule has 1 unspecified atom stereocenters. The molecule has 27 heavy (non-hydrogen) atoms. The number of hydrogen-bond donors (Lipinski definition) is 0. The zero-order chi connectivity index (χ0) is 19.3. The van der Waals surface area contributed by atoms with Crippen LogP contribution in [0.3, 0.4) is 0 Å². The van der Waals surface area contributed by atoms with Crippen molar-refractivity contribution >= 4 is 0 Å². The number of aromatic nitrogens is 2. The van der Waals surface area contributed by atoms with Gasteiger partial charge in [-0.1, -0.05) is 52.9 Å². The molecule has 0 saturated heterocycles. The molecule has 0 radical (unpaired) electrons. The predicted molar refractivity (Wildman–Crippen MR) is 111 cm³/mol. The smallest absolute Gasteiger partial charge is 0.159 e. The van der Waals surface area contributed by atoms with Gasteiger partial charge in [-0.3, -0.25) is 0 Å². The van der Waals surface area contributed by atoms with E-state index in [4.69, 9.17) is 9.47 Å². The summed E-state index contributed by atoms with van der Waals surface area (Å²) < 4.78 is 11.5. The Balaban J connectivity index is 1.77. The van der Waals surface area contributed by atoms with E-state index in [-0.39, 0.29) is 0 Å². The number of unbranched alkanes of at least 4 members (excludes halogenated alkanes) is 4. The first-order valence-corrected chi connectivity index (χ1v) is 10.4. The van der Waals surface area contributed by atoms with Crippen molar-refractivity contribution in [3.05, 3.63) is 36.7 Å². The molecule has 2 rings (SSSR count). The molecule has 4 nitrogen and oxygen atoms in total. The molecule has 2 aromatic rings. The van der Waals surface area contributed by atoms with E-state index < -0.39 is 0 Å². The first-order chi connectivity index (χ1) is 13.2. The maximum absolute atomic E-state index is 5.81. The van der Waals surface area contributed by atoms with Crippen LogP contribution < -0.4 is 9.47 Å². The summed E-state index contributed by atoms with van der Waals surface area (Å²) in [7, 11) is 0. The summed E-state index contributed by atoms with van der Waals surface area (Å²) in [5, 5.41) is 0. The van der Waals surface area contributed by atoms with Gasteiger partial charge in [-0.15, -0.1) is 0 Å². The largest absolute Gasteiger partial charge is 0.494 e. The fourth-order valence-corrected chi connectivity index (χ4v) is 2.72. The summed E-state index contributed by atoms with van der Waals surface area (Å²) in [5.41, 5.74) is 0.983. The van der Waals surface area contributed by atoms with Gasteiger partial charge in [0.2, 0.25) is 0 Å². The summed E-state index contributed by atoms with van der Waals surface area (Å²) in [6.45, 7) is 8.16. The van der Waals surface area contributed by atoms with E-state index >= 15 is 0 Å². The molecule has 0 N–H and O–H groups in total. The van der Waals surface area contributed by atoms with Crippen LogP contribution in [0.2, 0.25) is 0 Å². The van der Waals surface area contributed by atoms with Gasteiger partial charge in [0, 0.05) is 5.56 Å². The summed E-state index contributed by atoms with van der Waals surface area (Å²) in [4.78, 5) is 8.85. The second kappa shape index (κ2) is 12.3. The Morgan fingerprint density at radius 3 is 2.15 bits per heavy atom. The normalized spacial score (nSPS) is 12.0. The highest BCUT2D eigenvalue weighted by Crippen LogP contribution is 2.21. The number of ether oxygens (including phenoxy) is 2. The van der Waals surface area contributed by atoms with Crippen LogP contribution in [0, 0.1) is 5.92 Å². The highest BCUT2D eigenvalue weighted by Gasteiger charge is 2.04. The average Bonchev–Trinajstić information content (AvgIpc) is 2.71. The van der Waals surface area contributed by atoms with Gasteiger partial charge in [0.1, 0.15) is 5.75 Å². The number of hydrogen-bond acceptors (Lipinski definition) is 4. The molecule has 0 fully saturated rings. The number of benzene rings is 1. The van der Waals surface area contributed by atoms with Crippen LogP contribution in [0.4, 0.5) is 0 Å². The van der Waals surface area contributed by atoms with E-state index in [0.29, 0.717) is 18.3 Å². The molecular formula is C23H34N2O2. The zero-order valence-corrected chi connectivity index (χ0v) is 17.1. The zero-order valence-electron chi connectivity index (χ0n) is 17.1. The molecule has 1 aromatic heterocycles. The standard InChI is InChI=1S/C23H34N2O2/c1-4-6-7-8-9-15-26-21-12-10-20(11-13-21)23-24-17-22(18-25-23)27-16-14-19(3)5-2/h10-13,17-19H,4-9,14-16H2,1-3H3. The van der Waals surface area contributed by atoms with Gasteiger partial charge >= 0.3 is 0 Å². The Kier molecular flexibility index (Phi) is 9.67. The van der Waals surface area contributed by atoms with E-state index in [0.717, 1.165) is 36.5 Å². The van der Waals surface area contributed by atoms with E-state index in [1.165, 1.54) is 32.1 Å². The highest BCUT2D eigenvalue weighted by atomic mass is 16.5. The van der Waals surface area contributed by atoms with Gasteiger partial charge in [0.05, 0.1) is 25.6 Å². The molecule has 0 bridgehead atoms. The molecule has 1 heterocycles. The van der Waals surface area contributed by atoms with Crippen molar-refractivity contribution in [2.75, 3.05) is 13.2 Å². The Hall–Kier alpha value is -2.10. The minimum absolute atomic E-state index is 0.683. The molecule has 0 aliphatic rings. The van der Waals surface area contributed by atoms with Crippen molar-refractivity contribution in [1.82, 2.24) is 9.97 Å². The van der Waals surface area contributed by atoms with Gasteiger partial charge < -0.3 is 9.47 Å². The molecule has 1 atom stereocenters. The maximum atomic E-state index is 5.81. The van der Waals surface area contributed by atoms with E-state index in [1.54, 1.807) is 12.4 Å². The minimum Gasteiger partial charge on any atom is -0.494 e.